The molecule has 2 aromatic carbocycles. The van der Waals surface area contributed by atoms with Crippen molar-refractivity contribution in [3.05, 3.63) is 64.4 Å². The van der Waals surface area contributed by atoms with Gasteiger partial charge in [-0.15, -0.1) is 0 Å². The summed E-state index contributed by atoms with van der Waals surface area (Å²) in [6.45, 7) is 2.29. The number of benzene rings is 2. The van der Waals surface area contributed by atoms with Crippen molar-refractivity contribution in [3.63, 3.8) is 0 Å². The lowest BCUT2D eigenvalue weighted by atomic mass is 10.1. The molecule has 3 N–H and O–H groups in total. The fourth-order valence-corrected chi connectivity index (χ4v) is 2.73. The van der Waals surface area contributed by atoms with Crippen molar-refractivity contribution in [2.24, 2.45) is 0 Å². The normalized spacial score (nSPS) is 10.5. The Morgan fingerprint density at radius 2 is 1.80 bits per heavy atom. The van der Waals surface area contributed by atoms with Crippen LogP contribution >= 0.6 is 15.9 Å². The zero-order valence-electron chi connectivity index (χ0n) is 13.7. The Morgan fingerprint density at radius 1 is 1.04 bits per heavy atom. The lowest BCUT2D eigenvalue weighted by molar-refractivity contribution is 0.294. The second kappa shape index (κ2) is 7.94. The molecule has 0 aliphatic heterocycles. The van der Waals surface area contributed by atoms with E-state index >= 15 is 0 Å². The molecule has 128 valence electrons. The molecule has 0 aliphatic rings. The predicted molar refractivity (Wildman–Crippen MR) is 102 cm³/mol. The molecule has 3 rings (SSSR count). The minimum atomic E-state index is 0.150. The number of nitrogens with zero attached hydrogens (tertiary/aromatic N) is 3. The molecule has 3 aromatic rings. The van der Waals surface area contributed by atoms with Gasteiger partial charge in [-0.2, -0.15) is 15.0 Å². The van der Waals surface area contributed by atoms with Gasteiger partial charge in [0.15, 0.2) is 5.82 Å². The van der Waals surface area contributed by atoms with Crippen LogP contribution in [0.1, 0.15) is 18.3 Å². The van der Waals surface area contributed by atoms with Gasteiger partial charge in [0.25, 0.3) is 0 Å². The van der Waals surface area contributed by atoms with E-state index in [1.807, 2.05) is 42.5 Å². The maximum absolute atomic E-state index is 5.82. The Balaban J connectivity index is 1.77. The average Bonchev–Trinajstić information content (AvgIpc) is 2.61. The molecule has 0 atom stereocenters. The predicted octanol–water partition coefficient (Wildman–Crippen LogP) is 4.10. The van der Waals surface area contributed by atoms with E-state index in [-0.39, 0.29) is 12.6 Å². The third kappa shape index (κ3) is 4.45. The minimum Gasteiger partial charge on any atom is -0.484 e. The van der Waals surface area contributed by atoms with Crippen molar-refractivity contribution in [2.75, 3.05) is 11.1 Å². The summed E-state index contributed by atoms with van der Waals surface area (Å²) in [6.07, 6.45) is 0.905. The fraction of sp³-hybridized carbons (Fsp3) is 0.167. The number of rotatable bonds is 6. The first-order valence-electron chi connectivity index (χ1n) is 7.88. The van der Waals surface area contributed by atoms with Crippen LogP contribution < -0.4 is 15.8 Å². The van der Waals surface area contributed by atoms with Crippen LogP contribution in [0.4, 0.5) is 17.6 Å². The molecule has 0 spiro atoms. The largest absolute Gasteiger partial charge is 0.484 e. The number of anilines is 3. The van der Waals surface area contributed by atoms with E-state index in [1.165, 1.54) is 5.56 Å². The maximum Gasteiger partial charge on any atom is 0.232 e. The molecule has 0 radical (unpaired) electrons. The van der Waals surface area contributed by atoms with Gasteiger partial charge in [0.05, 0.1) is 4.47 Å². The smallest absolute Gasteiger partial charge is 0.232 e. The molecule has 0 unspecified atom stereocenters. The number of ether oxygens (including phenoxy) is 1. The quantitative estimate of drug-likeness (QED) is 0.648. The molecular weight excluding hydrogens is 382 g/mol. The maximum atomic E-state index is 5.82. The Kier molecular flexibility index (Phi) is 5.45. The number of aromatic nitrogens is 3. The molecule has 0 fully saturated rings. The summed E-state index contributed by atoms with van der Waals surface area (Å²) < 4.78 is 6.61. The fourth-order valence-electron chi connectivity index (χ4n) is 2.33. The molecule has 0 bridgehead atoms. The second-order valence-corrected chi connectivity index (χ2v) is 6.14. The Labute approximate surface area is 154 Å². The summed E-state index contributed by atoms with van der Waals surface area (Å²) in [4.78, 5) is 12.7. The standard InChI is InChI=1S/C18H18BrN5O/c1-2-12-7-3-5-9-14(12)21-18-23-16(22-17(20)24-18)11-25-15-10-6-4-8-13(15)19/h3-10H,2,11H2,1H3,(H3,20,21,22,23,24). The third-order valence-corrected chi connectivity index (χ3v) is 4.19. The number of hydrogen-bond acceptors (Lipinski definition) is 6. The van der Waals surface area contributed by atoms with Crippen LogP contribution in [-0.2, 0) is 13.0 Å². The lowest BCUT2D eigenvalue weighted by Crippen LogP contribution is -2.10. The van der Waals surface area contributed by atoms with Crippen molar-refractivity contribution in [2.45, 2.75) is 20.0 Å². The van der Waals surface area contributed by atoms with Gasteiger partial charge in [0.2, 0.25) is 11.9 Å². The van der Waals surface area contributed by atoms with Crippen molar-refractivity contribution in [1.29, 1.82) is 0 Å². The van der Waals surface area contributed by atoms with E-state index < -0.39 is 0 Å². The van der Waals surface area contributed by atoms with Crippen LogP contribution in [-0.4, -0.2) is 15.0 Å². The topological polar surface area (TPSA) is 86.0 Å². The zero-order chi connectivity index (χ0) is 17.6. The molecule has 0 saturated carbocycles. The highest BCUT2D eigenvalue weighted by Gasteiger charge is 2.08. The molecule has 0 aliphatic carbocycles. The lowest BCUT2D eigenvalue weighted by Gasteiger charge is -2.11. The van der Waals surface area contributed by atoms with Crippen molar-refractivity contribution >= 4 is 33.5 Å². The second-order valence-electron chi connectivity index (χ2n) is 5.29. The van der Waals surface area contributed by atoms with E-state index in [9.17, 15) is 0 Å². The van der Waals surface area contributed by atoms with E-state index in [2.05, 4.69) is 49.2 Å². The molecule has 6 nitrogen and oxygen atoms in total. The van der Waals surface area contributed by atoms with Gasteiger partial charge in [-0.25, -0.2) is 0 Å². The van der Waals surface area contributed by atoms with E-state index in [0.29, 0.717) is 17.5 Å². The van der Waals surface area contributed by atoms with Crippen molar-refractivity contribution in [3.8, 4) is 5.75 Å². The molecule has 1 heterocycles. The first-order chi connectivity index (χ1) is 12.2. The van der Waals surface area contributed by atoms with Crippen LogP contribution in [0, 0.1) is 0 Å². The number of nitrogens with two attached hydrogens (primary N) is 1. The van der Waals surface area contributed by atoms with Gasteiger partial charge in [0, 0.05) is 5.69 Å². The number of halogens is 1. The van der Waals surface area contributed by atoms with Gasteiger partial charge in [-0.1, -0.05) is 37.3 Å². The van der Waals surface area contributed by atoms with E-state index in [1.54, 1.807) is 0 Å². The van der Waals surface area contributed by atoms with E-state index in [0.717, 1.165) is 16.6 Å². The van der Waals surface area contributed by atoms with Gasteiger partial charge >= 0.3 is 0 Å². The Bertz CT molecular complexity index is 872. The Hall–Kier alpha value is -2.67. The van der Waals surface area contributed by atoms with Crippen LogP contribution in [0.5, 0.6) is 5.75 Å². The molecule has 1 aromatic heterocycles. The van der Waals surface area contributed by atoms with Gasteiger partial charge < -0.3 is 15.8 Å². The first kappa shape index (κ1) is 17.2. The summed E-state index contributed by atoms with van der Waals surface area (Å²) in [5.74, 6) is 1.73. The zero-order valence-corrected chi connectivity index (χ0v) is 15.3. The summed E-state index contributed by atoms with van der Waals surface area (Å²) in [6, 6.07) is 15.6. The van der Waals surface area contributed by atoms with Gasteiger partial charge in [-0.3, -0.25) is 0 Å². The molecule has 7 heteroatoms. The van der Waals surface area contributed by atoms with E-state index in [4.69, 9.17) is 10.5 Å². The molecular formula is C18H18BrN5O. The summed E-state index contributed by atoms with van der Waals surface area (Å²) in [5.41, 5.74) is 7.94. The van der Waals surface area contributed by atoms with Crippen molar-refractivity contribution < 1.29 is 4.74 Å². The number of nitrogens with one attached hydrogen (secondary N) is 1. The minimum absolute atomic E-state index is 0.150. The van der Waals surface area contributed by atoms with Crippen LogP contribution in [0.3, 0.4) is 0 Å². The summed E-state index contributed by atoms with van der Waals surface area (Å²) in [5, 5.41) is 3.21. The third-order valence-electron chi connectivity index (χ3n) is 3.54. The van der Waals surface area contributed by atoms with Crippen LogP contribution in [0.2, 0.25) is 0 Å². The highest BCUT2D eigenvalue weighted by molar-refractivity contribution is 9.10. The highest BCUT2D eigenvalue weighted by atomic mass is 79.9. The SMILES string of the molecule is CCc1ccccc1Nc1nc(N)nc(COc2ccccc2Br)n1. The summed E-state index contributed by atoms with van der Waals surface area (Å²) >= 11 is 3.44. The van der Waals surface area contributed by atoms with Gasteiger partial charge in [0.1, 0.15) is 12.4 Å². The van der Waals surface area contributed by atoms with Crippen LogP contribution in [0.25, 0.3) is 0 Å². The first-order valence-corrected chi connectivity index (χ1v) is 8.67. The number of nitrogen functional groups attached to an aromatic ring is 1. The molecule has 25 heavy (non-hydrogen) atoms. The monoisotopic (exact) mass is 399 g/mol. The molecule has 0 amide bonds. The average molecular weight is 400 g/mol. The van der Waals surface area contributed by atoms with Crippen LogP contribution in [0.15, 0.2) is 53.0 Å². The number of hydrogen-bond donors (Lipinski definition) is 2. The van der Waals surface area contributed by atoms with Gasteiger partial charge in [-0.05, 0) is 46.1 Å². The van der Waals surface area contributed by atoms with Crippen molar-refractivity contribution in [1.82, 2.24) is 15.0 Å². The molecule has 0 saturated heterocycles. The number of para-hydroxylation sites is 2. The highest BCUT2D eigenvalue weighted by Crippen LogP contribution is 2.24. The summed E-state index contributed by atoms with van der Waals surface area (Å²) in [7, 11) is 0. The Morgan fingerprint density at radius 3 is 2.60 bits per heavy atom. The number of aryl methyl sites for hydroxylation is 1.